The topological polar surface area (TPSA) is 196 Å². The van der Waals surface area contributed by atoms with Gasteiger partial charge in [0.15, 0.2) is 0 Å². The maximum absolute atomic E-state index is 12.3. The van der Waals surface area contributed by atoms with Crippen molar-refractivity contribution in [2.75, 3.05) is 0 Å². The summed E-state index contributed by atoms with van der Waals surface area (Å²) in [6.45, 7) is 3.52. The molecule has 0 bridgehead atoms. The van der Waals surface area contributed by atoms with Crippen molar-refractivity contribution < 1.29 is 39.3 Å². The maximum atomic E-state index is 12.3. The predicted molar refractivity (Wildman–Crippen MR) is 88.1 cm³/mol. The Labute approximate surface area is 149 Å². The van der Waals surface area contributed by atoms with Crippen LogP contribution in [0.15, 0.2) is 0 Å². The number of hydrogen-bond acceptors (Lipinski definition) is 6. The molecule has 0 rings (SSSR count). The summed E-state index contributed by atoms with van der Waals surface area (Å²) >= 11 is 0. The lowest BCUT2D eigenvalue weighted by Gasteiger charge is -2.23. The van der Waals surface area contributed by atoms with Gasteiger partial charge in [0.05, 0.1) is 12.5 Å². The summed E-state index contributed by atoms with van der Waals surface area (Å²) in [5, 5.41) is 31.0. The maximum Gasteiger partial charge on any atom is 0.326 e. The minimum Gasteiger partial charge on any atom is -0.481 e. The molecule has 0 saturated carbocycles. The third-order valence-electron chi connectivity index (χ3n) is 3.33. The molecular weight excluding hydrogens is 350 g/mol. The largest absolute Gasteiger partial charge is 0.481 e. The number of rotatable bonds is 12. The highest BCUT2D eigenvalue weighted by molar-refractivity contribution is 5.93. The number of amides is 2. The van der Waals surface area contributed by atoms with Gasteiger partial charge in [0, 0.05) is 6.42 Å². The summed E-state index contributed by atoms with van der Waals surface area (Å²) in [7, 11) is 0. The lowest BCUT2D eigenvalue weighted by molar-refractivity contribution is -0.143. The molecule has 11 nitrogen and oxygen atoms in total. The van der Waals surface area contributed by atoms with Crippen molar-refractivity contribution in [3.8, 4) is 0 Å². The van der Waals surface area contributed by atoms with Crippen LogP contribution in [0.25, 0.3) is 0 Å². The van der Waals surface area contributed by atoms with E-state index in [0.717, 1.165) is 0 Å². The van der Waals surface area contributed by atoms with E-state index in [-0.39, 0.29) is 18.8 Å². The van der Waals surface area contributed by atoms with E-state index in [0.29, 0.717) is 0 Å². The highest BCUT2D eigenvalue weighted by atomic mass is 16.4. The number of hydrogen-bond donors (Lipinski definition) is 6. The summed E-state index contributed by atoms with van der Waals surface area (Å²) < 4.78 is 0. The third kappa shape index (κ3) is 9.57. The molecule has 11 heteroatoms. The van der Waals surface area contributed by atoms with Crippen LogP contribution in [0.1, 0.15) is 39.5 Å². The Hall–Kier alpha value is -2.69. The summed E-state index contributed by atoms with van der Waals surface area (Å²) in [6, 6.07) is -3.99. The van der Waals surface area contributed by atoms with Crippen molar-refractivity contribution >= 4 is 29.7 Å². The fourth-order valence-electron chi connectivity index (χ4n) is 2.06. The van der Waals surface area contributed by atoms with Gasteiger partial charge < -0.3 is 31.7 Å². The van der Waals surface area contributed by atoms with Gasteiger partial charge in [0.25, 0.3) is 0 Å². The fourth-order valence-corrected chi connectivity index (χ4v) is 2.06. The van der Waals surface area contributed by atoms with Gasteiger partial charge >= 0.3 is 17.9 Å². The molecule has 0 saturated heterocycles. The minimum absolute atomic E-state index is 0.0348. The Morgan fingerprint density at radius 1 is 0.885 bits per heavy atom. The standard InChI is InChI=1S/C15H25N3O8/c1-7(2)5-10(15(25)26)18-14(24)9(3-4-11(19)20)17-13(23)8(16)6-12(21)22/h7-10H,3-6,16H2,1-2H3,(H,17,23)(H,18,24)(H,19,20)(H,21,22)(H,25,26)/t8-,9+,10-/m0/s1. The van der Waals surface area contributed by atoms with E-state index < -0.39 is 60.7 Å². The molecule has 0 aliphatic heterocycles. The van der Waals surface area contributed by atoms with Gasteiger partial charge in [-0.3, -0.25) is 19.2 Å². The molecule has 0 aliphatic carbocycles. The van der Waals surface area contributed by atoms with Crippen LogP contribution in [0.3, 0.4) is 0 Å². The average Bonchev–Trinajstić information content (AvgIpc) is 2.48. The highest BCUT2D eigenvalue weighted by Gasteiger charge is 2.29. The van der Waals surface area contributed by atoms with Crippen LogP contribution in [0.4, 0.5) is 0 Å². The molecular formula is C15H25N3O8. The number of nitrogens with two attached hydrogens (primary N) is 1. The molecule has 2 amide bonds. The summed E-state index contributed by atoms with van der Waals surface area (Å²) in [6.07, 6.45) is -1.31. The van der Waals surface area contributed by atoms with E-state index in [4.69, 9.17) is 21.1 Å². The zero-order valence-corrected chi connectivity index (χ0v) is 14.6. The van der Waals surface area contributed by atoms with Crippen LogP contribution in [0.2, 0.25) is 0 Å². The first kappa shape index (κ1) is 23.3. The van der Waals surface area contributed by atoms with Crippen LogP contribution >= 0.6 is 0 Å². The molecule has 0 aromatic rings. The first-order chi connectivity index (χ1) is 11.9. The van der Waals surface area contributed by atoms with Crippen molar-refractivity contribution in [3.05, 3.63) is 0 Å². The van der Waals surface area contributed by atoms with Gasteiger partial charge in [0.1, 0.15) is 12.1 Å². The van der Waals surface area contributed by atoms with Crippen molar-refractivity contribution in [1.29, 1.82) is 0 Å². The smallest absolute Gasteiger partial charge is 0.326 e. The average molecular weight is 375 g/mol. The van der Waals surface area contributed by atoms with Gasteiger partial charge in [-0.1, -0.05) is 13.8 Å². The summed E-state index contributed by atoms with van der Waals surface area (Å²) in [5.74, 6) is -5.67. The van der Waals surface area contributed by atoms with E-state index in [1.54, 1.807) is 13.8 Å². The fraction of sp³-hybridized carbons (Fsp3) is 0.667. The second kappa shape index (κ2) is 11.0. The van der Waals surface area contributed by atoms with Crippen LogP contribution in [0, 0.1) is 5.92 Å². The third-order valence-corrected chi connectivity index (χ3v) is 3.33. The number of carbonyl (C=O) groups excluding carboxylic acids is 2. The molecule has 0 radical (unpaired) electrons. The van der Waals surface area contributed by atoms with Gasteiger partial charge in [0.2, 0.25) is 11.8 Å². The van der Waals surface area contributed by atoms with Crippen molar-refractivity contribution in [3.63, 3.8) is 0 Å². The molecule has 26 heavy (non-hydrogen) atoms. The first-order valence-corrected chi connectivity index (χ1v) is 7.96. The number of carboxylic acid groups (broad SMARTS) is 3. The van der Waals surface area contributed by atoms with Crippen molar-refractivity contribution in [2.45, 2.75) is 57.7 Å². The van der Waals surface area contributed by atoms with Crippen LogP contribution < -0.4 is 16.4 Å². The molecule has 0 fully saturated rings. The van der Waals surface area contributed by atoms with E-state index in [9.17, 15) is 24.0 Å². The van der Waals surface area contributed by atoms with Gasteiger partial charge in [-0.05, 0) is 18.8 Å². The Balaban J connectivity index is 5.11. The molecule has 0 unspecified atom stereocenters. The number of carbonyl (C=O) groups is 5. The Morgan fingerprint density at radius 2 is 1.42 bits per heavy atom. The Morgan fingerprint density at radius 3 is 1.85 bits per heavy atom. The second-order valence-corrected chi connectivity index (χ2v) is 6.23. The molecule has 7 N–H and O–H groups in total. The van der Waals surface area contributed by atoms with Crippen molar-refractivity contribution in [2.24, 2.45) is 11.7 Å². The molecule has 0 aromatic heterocycles. The molecule has 0 spiro atoms. The van der Waals surface area contributed by atoms with E-state index in [2.05, 4.69) is 10.6 Å². The Bertz CT molecular complexity index is 549. The SMILES string of the molecule is CC(C)C[C@H](NC(=O)[C@@H](CCC(=O)O)NC(=O)[C@@H](N)CC(=O)O)C(=O)O. The number of carboxylic acids is 3. The molecule has 148 valence electrons. The van der Waals surface area contributed by atoms with Gasteiger partial charge in [-0.15, -0.1) is 0 Å². The molecule has 0 heterocycles. The summed E-state index contributed by atoms with van der Waals surface area (Å²) in [4.78, 5) is 56.7. The molecule has 3 atom stereocenters. The Kier molecular flexibility index (Phi) is 9.89. The zero-order chi connectivity index (χ0) is 20.4. The van der Waals surface area contributed by atoms with Crippen LogP contribution in [-0.2, 0) is 24.0 Å². The molecule has 0 aliphatic rings. The van der Waals surface area contributed by atoms with Gasteiger partial charge in [-0.2, -0.15) is 0 Å². The zero-order valence-electron chi connectivity index (χ0n) is 14.6. The van der Waals surface area contributed by atoms with Crippen molar-refractivity contribution in [1.82, 2.24) is 10.6 Å². The number of aliphatic carboxylic acids is 3. The monoisotopic (exact) mass is 375 g/mol. The normalized spacial score (nSPS) is 14.2. The summed E-state index contributed by atoms with van der Waals surface area (Å²) in [5.41, 5.74) is 5.40. The van der Waals surface area contributed by atoms with E-state index >= 15 is 0 Å². The quantitative estimate of drug-likeness (QED) is 0.241. The first-order valence-electron chi connectivity index (χ1n) is 7.96. The van der Waals surface area contributed by atoms with E-state index in [1.807, 2.05) is 0 Å². The lowest BCUT2D eigenvalue weighted by atomic mass is 10.0. The van der Waals surface area contributed by atoms with Gasteiger partial charge in [-0.25, -0.2) is 4.79 Å². The highest BCUT2D eigenvalue weighted by Crippen LogP contribution is 2.07. The predicted octanol–water partition coefficient (Wildman–Crippen LogP) is -1.25. The second-order valence-electron chi connectivity index (χ2n) is 6.23. The molecule has 0 aromatic carbocycles. The number of nitrogens with one attached hydrogen (secondary N) is 2. The van der Waals surface area contributed by atoms with E-state index in [1.165, 1.54) is 0 Å². The van der Waals surface area contributed by atoms with Crippen LogP contribution in [0.5, 0.6) is 0 Å². The van der Waals surface area contributed by atoms with Crippen LogP contribution in [-0.4, -0.2) is 63.2 Å². The minimum atomic E-state index is -1.43. The lowest BCUT2D eigenvalue weighted by Crippen LogP contribution is -2.55.